The van der Waals surface area contributed by atoms with Gasteiger partial charge >= 0.3 is 12.0 Å². The molecule has 106 valence electrons. The average Bonchev–Trinajstić information content (AvgIpc) is 2.33. The van der Waals surface area contributed by atoms with Crippen LogP contribution in [0.5, 0.6) is 0 Å². The molecule has 5 nitrogen and oxygen atoms in total. The average molecular weight is 258 g/mol. The molecule has 0 saturated carbocycles. The van der Waals surface area contributed by atoms with Gasteiger partial charge in [-0.05, 0) is 26.2 Å². The number of carboxylic acid groups (broad SMARTS) is 1. The SMILES string of the molecule is CCCC[C@H](NC(=O)NC(C)(CC)CC)C(=O)O. The van der Waals surface area contributed by atoms with Crippen LogP contribution in [0.3, 0.4) is 0 Å². The van der Waals surface area contributed by atoms with Gasteiger partial charge in [0.25, 0.3) is 0 Å². The van der Waals surface area contributed by atoms with Crippen molar-refractivity contribution >= 4 is 12.0 Å². The third-order valence-electron chi connectivity index (χ3n) is 3.43. The van der Waals surface area contributed by atoms with Gasteiger partial charge in [-0.15, -0.1) is 0 Å². The number of carboxylic acids is 1. The highest BCUT2D eigenvalue weighted by atomic mass is 16.4. The Morgan fingerprint density at radius 1 is 1.22 bits per heavy atom. The third-order valence-corrected chi connectivity index (χ3v) is 3.43. The Morgan fingerprint density at radius 3 is 2.17 bits per heavy atom. The lowest BCUT2D eigenvalue weighted by molar-refractivity contribution is -0.139. The minimum absolute atomic E-state index is 0.280. The van der Waals surface area contributed by atoms with Crippen LogP contribution < -0.4 is 10.6 Å². The number of unbranched alkanes of at least 4 members (excludes halogenated alkanes) is 1. The maximum atomic E-state index is 11.8. The van der Waals surface area contributed by atoms with Crippen molar-refractivity contribution in [2.24, 2.45) is 0 Å². The van der Waals surface area contributed by atoms with E-state index in [-0.39, 0.29) is 5.54 Å². The molecular weight excluding hydrogens is 232 g/mol. The van der Waals surface area contributed by atoms with Crippen LogP contribution in [0.15, 0.2) is 0 Å². The second-order valence-electron chi connectivity index (χ2n) is 4.90. The third kappa shape index (κ3) is 5.89. The van der Waals surface area contributed by atoms with Gasteiger partial charge in [0.2, 0.25) is 0 Å². The topological polar surface area (TPSA) is 78.4 Å². The van der Waals surface area contributed by atoms with Crippen LogP contribution in [0, 0.1) is 0 Å². The lowest BCUT2D eigenvalue weighted by Crippen LogP contribution is -2.53. The Labute approximate surface area is 109 Å². The molecule has 0 aromatic heterocycles. The molecule has 2 amide bonds. The van der Waals surface area contributed by atoms with Crippen LogP contribution in [0.25, 0.3) is 0 Å². The summed E-state index contributed by atoms with van der Waals surface area (Å²) in [5.74, 6) is -0.978. The molecule has 0 aliphatic rings. The van der Waals surface area contributed by atoms with E-state index in [2.05, 4.69) is 10.6 Å². The number of hydrogen-bond acceptors (Lipinski definition) is 2. The van der Waals surface area contributed by atoms with Crippen LogP contribution >= 0.6 is 0 Å². The first-order chi connectivity index (χ1) is 8.38. The van der Waals surface area contributed by atoms with E-state index in [1.807, 2.05) is 27.7 Å². The van der Waals surface area contributed by atoms with Gasteiger partial charge in [0.1, 0.15) is 6.04 Å². The van der Waals surface area contributed by atoms with E-state index in [9.17, 15) is 9.59 Å². The second kappa shape index (κ2) is 7.95. The van der Waals surface area contributed by atoms with Gasteiger partial charge in [0.15, 0.2) is 0 Å². The van der Waals surface area contributed by atoms with E-state index in [0.717, 1.165) is 25.7 Å². The molecule has 0 bridgehead atoms. The van der Waals surface area contributed by atoms with E-state index in [1.165, 1.54) is 0 Å². The van der Waals surface area contributed by atoms with Gasteiger partial charge in [-0.3, -0.25) is 0 Å². The van der Waals surface area contributed by atoms with Crippen LogP contribution in [0.4, 0.5) is 4.79 Å². The van der Waals surface area contributed by atoms with Crippen molar-refractivity contribution < 1.29 is 14.7 Å². The minimum Gasteiger partial charge on any atom is -0.480 e. The van der Waals surface area contributed by atoms with Crippen molar-refractivity contribution in [1.29, 1.82) is 0 Å². The molecule has 0 rings (SSSR count). The van der Waals surface area contributed by atoms with Crippen LogP contribution in [-0.4, -0.2) is 28.7 Å². The zero-order chi connectivity index (χ0) is 14.2. The largest absolute Gasteiger partial charge is 0.480 e. The van der Waals surface area contributed by atoms with E-state index in [4.69, 9.17) is 5.11 Å². The lowest BCUT2D eigenvalue weighted by atomic mass is 9.96. The Morgan fingerprint density at radius 2 is 1.78 bits per heavy atom. The Balaban J connectivity index is 4.37. The predicted octanol–water partition coefficient (Wildman–Crippen LogP) is 2.51. The number of hydrogen-bond donors (Lipinski definition) is 3. The standard InChI is InChI=1S/C13H26N2O3/c1-5-8-9-10(11(16)17)14-12(18)15-13(4,6-2)7-3/h10H,5-9H2,1-4H3,(H,16,17)(H2,14,15,18)/t10-/m0/s1. The molecule has 0 aliphatic heterocycles. The number of carbonyl (C=O) groups excluding carboxylic acids is 1. The molecule has 0 aromatic rings. The quantitative estimate of drug-likeness (QED) is 0.626. The predicted molar refractivity (Wildman–Crippen MR) is 71.6 cm³/mol. The molecule has 0 spiro atoms. The Hall–Kier alpha value is -1.26. The van der Waals surface area contributed by atoms with Crippen LogP contribution in [0.1, 0.15) is 59.8 Å². The van der Waals surface area contributed by atoms with Crippen molar-refractivity contribution in [2.75, 3.05) is 0 Å². The summed E-state index contributed by atoms with van der Waals surface area (Å²) in [5, 5.41) is 14.4. The Kier molecular flexibility index (Phi) is 7.39. The molecule has 0 unspecified atom stereocenters. The maximum Gasteiger partial charge on any atom is 0.326 e. The van der Waals surface area contributed by atoms with Gasteiger partial charge < -0.3 is 15.7 Å². The number of carbonyl (C=O) groups is 2. The molecule has 0 saturated heterocycles. The molecule has 1 atom stereocenters. The number of nitrogens with one attached hydrogen (secondary N) is 2. The summed E-state index contributed by atoms with van der Waals surface area (Å²) < 4.78 is 0. The molecule has 5 heteroatoms. The highest BCUT2D eigenvalue weighted by molar-refractivity contribution is 5.82. The monoisotopic (exact) mass is 258 g/mol. The number of aliphatic carboxylic acids is 1. The highest BCUT2D eigenvalue weighted by Gasteiger charge is 2.25. The first-order valence-corrected chi connectivity index (χ1v) is 6.70. The summed E-state index contributed by atoms with van der Waals surface area (Å²) in [5.41, 5.74) is -0.280. The van der Waals surface area contributed by atoms with Crippen molar-refractivity contribution in [3.05, 3.63) is 0 Å². The number of urea groups is 1. The Bertz CT molecular complexity index is 275. The molecule has 0 radical (unpaired) electrons. The molecule has 0 aliphatic carbocycles. The van der Waals surface area contributed by atoms with Gasteiger partial charge in [0.05, 0.1) is 0 Å². The van der Waals surface area contributed by atoms with Crippen LogP contribution in [-0.2, 0) is 4.79 Å². The molecule has 18 heavy (non-hydrogen) atoms. The molecule has 0 heterocycles. The van der Waals surface area contributed by atoms with E-state index in [0.29, 0.717) is 6.42 Å². The summed E-state index contributed by atoms with van der Waals surface area (Å²) in [4.78, 5) is 22.8. The molecular formula is C13H26N2O3. The first kappa shape index (κ1) is 16.7. The maximum absolute atomic E-state index is 11.8. The zero-order valence-electron chi connectivity index (χ0n) is 11.9. The zero-order valence-corrected chi connectivity index (χ0v) is 11.9. The van der Waals surface area contributed by atoms with Crippen molar-refractivity contribution in [3.8, 4) is 0 Å². The molecule has 0 fully saturated rings. The number of amides is 2. The molecule has 0 aromatic carbocycles. The van der Waals surface area contributed by atoms with Crippen molar-refractivity contribution in [3.63, 3.8) is 0 Å². The minimum atomic E-state index is -0.978. The van der Waals surface area contributed by atoms with Crippen LogP contribution in [0.2, 0.25) is 0 Å². The fraction of sp³-hybridized carbons (Fsp3) is 0.846. The summed E-state index contributed by atoms with van der Waals surface area (Å²) >= 11 is 0. The van der Waals surface area contributed by atoms with Gasteiger partial charge in [0, 0.05) is 5.54 Å². The first-order valence-electron chi connectivity index (χ1n) is 6.70. The fourth-order valence-corrected chi connectivity index (χ4v) is 1.56. The summed E-state index contributed by atoms with van der Waals surface area (Å²) in [6.45, 7) is 7.93. The summed E-state index contributed by atoms with van der Waals surface area (Å²) in [6, 6.07) is -1.20. The van der Waals surface area contributed by atoms with E-state index < -0.39 is 18.0 Å². The van der Waals surface area contributed by atoms with E-state index in [1.54, 1.807) is 0 Å². The van der Waals surface area contributed by atoms with E-state index >= 15 is 0 Å². The highest BCUT2D eigenvalue weighted by Crippen LogP contribution is 2.13. The normalized spacial score (nSPS) is 12.9. The fourth-order valence-electron chi connectivity index (χ4n) is 1.56. The van der Waals surface area contributed by atoms with Gasteiger partial charge in [-0.1, -0.05) is 33.6 Å². The van der Waals surface area contributed by atoms with Crippen molar-refractivity contribution in [2.45, 2.75) is 71.4 Å². The summed E-state index contributed by atoms with van der Waals surface area (Å²) in [7, 11) is 0. The van der Waals surface area contributed by atoms with Gasteiger partial charge in [-0.2, -0.15) is 0 Å². The molecule has 3 N–H and O–H groups in total. The smallest absolute Gasteiger partial charge is 0.326 e. The number of rotatable bonds is 8. The summed E-state index contributed by atoms with van der Waals surface area (Å²) in [6.07, 6.45) is 3.78. The second-order valence-corrected chi connectivity index (χ2v) is 4.90. The van der Waals surface area contributed by atoms with Crippen molar-refractivity contribution in [1.82, 2.24) is 10.6 Å². The van der Waals surface area contributed by atoms with Gasteiger partial charge in [-0.25, -0.2) is 9.59 Å². The lowest BCUT2D eigenvalue weighted by Gasteiger charge is -2.29.